The first kappa shape index (κ1) is 15.9. The van der Waals surface area contributed by atoms with Gasteiger partial charge in [-0.1, -0.05) is 12.1 Å². The summed E-state index contributed by atoms with van der Waals surface area (Å²) in [4.78, 5) is 12.0. The first-order valence-electron chi connectivity index (χ1n) is 6.50. The van der Waals surface area contributed by atoms with Crippen molar-refractivity contribution in [3.63, 3.8) is 0 Å². The van der Waals surface area contributed by atoms with Gasteiger partial charge in [0.25, 0.3) is 0 Å². The van der Waals surface area contributed by atoms with E-state index in [1.807, 2.05) is 18.2 Å². The maximum Gasteiger partial charge on any atom is 0.335 e. The SMILES string of the molecule is O=C(O)c1ccc(OCCCSc2ccccc2Br)cc1. The molecule has 0 spiro atoms. The summed E-state index contributed by atoms with van der Waals surface area (Å²) in [6.45, 7) is 0.615. The van der Waals surface area contributed by atoms with Gasteiger partial charge in [-0.3, -0.25) is 0 Å². The van der Waals surface area contributed by atoms with Crippen LogP contribution in [0.25, 0.3) is 0 Å². The fourth-order valence-electron chi connectivity index (χ4n) is 1.69. The van der Waals surface area contributed by atoms with Crippen LogP contribution in [0.1, 0.15) is 16.8 Å². The van der Waals surface area contributed by atoms with Crippen molar-refractivity contribution in [1.82, 2.24) is 0 Å². The van der Waals surface area contributed by atoms with Gasteiger partial charge in [-0.05, 0) is 58.7 Å². The summed E-state index contributed by atoms with van der Waals surface area (Å²) < 4.78 is 6.70. The second-order valence-corrected chi connectivity index (χ2v) is 6.30. The Bertz CT molecular complexity index is 599. The average molecular weight is 367 g/mol. The molecular formula is C16H15BrO3S. The van der Waals surface area contributed by atoms with E-state index in [1.165, 1.54) is 4.90 Å². The molecule has 5 heteroatoms. The summed E-state index contributed by atoms with van der Waals surface area (Å²) in [5.41, 5.74) is 0.270. The quantitative estimate of drug-likeness (QED) is 0.569. The van der Waals surface area contributed by atoms with Crippen molar-refractivity contribution in [3.05, 3.63) is 58.6 Å². The third kappa shape index (κ3) is 5.10. The minimum absolute atomic E-state index is 0.270. The van der Waals surface area contributed by atoms with Crippen LogP contribution in [0.5, 0.6) is 5.75 Å². The van der Waals surface area contributed by atoms with E-state index in [2.05, 4.69) is 22.0 Å². The van der Waals surface area contributed by atoms with E-state index in [-0.39, 0.29) is 5.56 Å². The number of halogens is 1. The van der Waals surface area contributed by atoms with Gasteiger partial charge in [-0.15, -0.1) is 11.8 Å². The van der Waals surface area contributed by atoms with Gasteiger partial charge in [-0.2, -0.15) is 0 Å². The molecule has 1 N–H and O–H groups in total. The topological polar surface area (TPSA) is 46.5 Å². The van der Waals surface area contributed by atoms with E-state index in [0.29, 0.717) is 12.4 Å². The number of carboxylic acid groups (broad SMARTS) is 1. The van der Waals surface area contributed by atoms with Crippen LogP contribution in [0.3, 0.4) is 0 Å². The van der Waals surface area contributed by atoms with Crippen LogP contribution in [0, 0.1) is 0 Å². The molecule has 21 heavy (non-hydrogen) atoms. The molecule has 0 fully saturated rings. The smallest absolute Gasteiger partial charge is 0.335 e. The van der Waals surface area contributed by atoms with Crippen molar-refractivity contribution in [2.45, 2.75) is 11.3 Å². The highest BCUT2D eigenvalue weighted by atomic mass is 79.9. The van der Waals surface area contributed by atoms with Crippen molar-refractivity contribution in [3.8, 4) is 5.75 Å². The fourth-order valence-corrected chi connectivity index (χ4v) is 3.18. The summed E-state index contributed by atoms with van der Waals surface area (Å²) >= 11 is 5.30. The molecule has 0 atom stereocenters. The van der Waals surface area contributed by atoms with Crippen LogP contribution < -0.4 is 4.74 Å². The van der Waals surface area contributed by atoms with E-state index in [0.717, 1.165) is 16.6 Å². The van der Waals surface area contributed by atoms with Crippen LogP contribution in [-0.4, -0.2) is 23.4 Å². The Labute approximate surface area is 136 Å². The van der Waals surface area contributed by atoms with E-state index in [4.69, 9.17) is 9.84 Å². The van der Waals surface area contributed by atoms with Gasteiger partial charge in [0.15, 0.2) is 0 Å². The number of thioether (sulfide) groups is 1. The van der Waals surface area contributed by atoms with Crippen LogP contribution in [0.2, 0.25) is 0 Å². The monoisotopic (exact) mass is 366 g/mol. The zero-order valence-electron chi connectivity index (χ0n) is 11.3. The lowest BCUT2D eigenvalue weighted by Crippen LogP contribution is -2.00. The highest BCUT2D eigenvalue weighted by molar-refractivity contribution is 9.10. The van der Waals surface area contributed by atoms with Gasteiger partial charge < -0.3 is 9.84 Å². The average Bonchev–Trinajstić information content (AvgIpc) is 2.49. The minimum Gasteiger partial charge on any atom is -0.494 e. The standard InChI is InChI=1S/C16H15BrO3S/c17-14-4-1-2-5-15(14)21-11-3-10-20-13-8-6-12(7-9-13)16(18)19/h1-2,4-9H,3,10-11H2,(H,18,19). The molecule has 0 aliphatic rings. The number of hydrogen-bond donors (Lipinski definition) is 1. The Hall–Kier alpha value is -1.46. The predicted molar refractivity (Wildman–Crippen MR) is 88.4 cm³/mol. The van der Waals surface area contributed by atoms with Crippen molar-refractivity contribution >= 4 is 33.7 Å². The maximum atomic E-state index is 10.7. The zero-order chi connectivity index (χ0) is 15.1. The van der Waals surface area contributed by atoms with Gasteiger partial charge in [-0.25, -0.2) is 4.79 Å². The molecule has 0 amide bonds. The molecule has 0 unspecified atom stereocenters. The third-order valence-corrected chi connectivity index (χ3v) is 4.87. The summed E-state index contributed by atoms with van der Waals surface area (Å²) in [7, 11) is 0. The molecule has 0 bridgehead atoms. The predicted octanol–water partition coefficient (Wildman–Crippen LogP) is 4.71. The second kappa shape index (κ2) is 8.10. The summed E-state index contributed by atoms with van der Waals surface area (Å²) in [6.07, 6.45) is 0.923. The molecule has 0 saturated carbocycles. The Morgan fingerprint density at radius 3 is 2.52 bits per heavy atom. The Morgan fingerprint density at radius 1 is 1.14 bits per heavy atom. The number of carbonyl (C=O) groups is 1. The highest BCUT2D eigenvalue weighted by Crippen LogP contribution is 2.27. The number of benzene rings is 2. The van der Waals surface area contributed by atoms with Crippen molar-refractivity contribution in [2.24, 2.45) is 0 Å². The van der Waals surface area contributed by atoms with E-state index < -0.39 is 5.97 Å². The first-order chi connectivity index (χ1) is 10.2. The van der Waals surface area contributed by atoms with Crippen LogP contribution in [0.15, 0.2) is 57.9 Å². The fraction of sp³-hybridized carbons (Fsp3) is 0.188. The second-order valence-electron chi connectivity index (χ2n) is 4.31. The summed E-state index contributed by atoms with van der Waals surface area (Å²) in [6, 6.07) is 14.6. The minimum atomic E-state index is -0.925. The van der Waals surface area contributed by atoms with E-state index in [9.17, 15) is 4.79 Å². The largest absolute Gasteiger partial charge is 0.494 e. The lowest BCUT2D eigenvalue weighted by molar-refractivity contribution is 0.0697. The van der Waals surface area contributed by atoms with Gasteiger partial charge in [0.1, 0.15) is 5.75 Å². The molecule has 2 rings (SSSR count). The molecule has 110 valence electrons. The van der Waals surface area contributed by atoms with Gasteiger partial charge in [0, 0.05) is 15.1 Å². The van der Waals surface area contributed by atoms with Crippen molar-refractivity contribution in [2.75, 3.05) is 12.4 Å². The molecule has 3 nitrogen and oxygen atoms in total. The third-order valence-electron chi connectivity index (χ3n) is 2.75. The van der Waals surface area contributed by atoms with Gasteiger partial charge in [0.05, 0.1) is 12.2 Å². The van der Waals surface area contributed by atoms with E-state index in [1.54, 1.807) is 36.0 Å². The van der Waals surface area contributed by atoms with Crippen LogP contribution >= 0.6 is 27.7 Å². The molecule has 0 saturated heterocycles. The Balaban J connectivity index is 1.70. The summed E-state index contributed by atoms with van der Waals surface area (Å²) in [5, 5.41) is 8.80. The molecule has 2 aromatic rings. The number of rotatable bonds is 7. The molecule has 2 aromatic carbocycles. The van der Waals surface area contributed by atoms with E-state index >= 15 is 0 Å². The normalized spacial score (nSPS) is 10.3. The van der Waals surface area contributed by atoms with Crippen LogP contribution in [0.4, 0.5) is 0 Å². The lowest BCUT2D eigenvalue weighted by atomic mass is 10.2. The Morgan fingerprint density at radius 2 is 1.86 bits per heavy atom. The van der Waals surface area contributed by atoms with Gasteiger partial charge >= 0.3 is 5.97 Å². The number of hydrogen-bond acceptors (Lipinski definition) is 3. The Kier molecular flexibility index (Phi) is 6.14. The number of ether oxygens (including phenoxy) is 1. The summed E-state index contributed by atoms with van der Waals surface area (Å²) in [5.74, 6) is 0.743. The zero-order valence-corrected chi connectivity index (χ0v) is 13.7. The van der Waals surface area contributed by atoms with Crippen LogP contribution in [-0.2, 0) is 0 Å². The lowest BCUT2D eigenvalue weighted by Gasteiger charge is -2.07. The number of carboxylic acids is 1. The first-order valence-corrected chi connectivity index (χ1v) is 8.28. The highest BCUT2D eigenvalue weighted by Gasteiger charge is 2.02. The number of aromatic carboxylic acids is 1. The van der Waals surface area contributed by atoms with Crippen molar-refractivity contribution in [1.29, 1.82) is 0 Å². The van der Waals surface area contributed by atoms with Crippen molar-refractivity contribution < 1.29 is 14.6 Å². The molecule has 0 heterocycles. The molecular weight excluding hydrogens is 352 g/mol. The molecule has 0 aliphatic heterocycles. The molecule has 0 aromatic heterocycles. The van der Waals surface area contributed by atoms with Gasteiger partial charge in [0.2, 0.25) is 0 Å². The maximum absolute atomic E-state index is 10.7. The molecule has 0 aliphatic carbocycles. The molecule has 0 radical (unpaired) electrons.